The molecule has 0 aliphatic carbocycles. The van der Waals surface area contributed by atoms with Gasteiger partial charge in [0.25, 0.3) is 10.1 Å². The van der Waals surface area contributed by atoms with E-state index < -0.39 is 10.1 Å². The van der Waals surface area contributed by atoms with Crippen LogP contribution in [0.15, 0.2) is 29.2 Å². The van der Waals surface area contributed by atoms with Gasteiger partial charge in [0, 0.05) is 0 Å². The van der Waals surface area contributed by atoms with Crippen molar-refractivity contribution in [1.82, 2.24) is 20.2 Å². The van der Waals surface area contributed by atoms with Gasteiger partial charge in [0.1, 0.15) is 0 Å². The van der Waals surface area contributed by atoms with Gasteiger partial charge in [0.2, 0.25) is 4.77 Å². The van der Waals surface area contributed by atoms with Crippen molar-refractivity contribution in [2.24, 2.45) is 0 Å². The van der Waals surface area contributed by atoms with Crippen LogP contribution in [0.1, 0.15) is 0 Å². The van der Waals surface area contributed by atoms with Crippen LogP contribution < -0.4 is 0 Å². The molecule has 0 fully saturated rings. The number of hydrogen-bond donors (Lipinski definition) is 2. The SMILES string of the molecule is O=S(=O)(O)c1ccc(-n2[nH]nnc2=S)cc1. The molecule has 1 aromatic heterocycles. The second kappa shape index (κ2) is 3.77. The fourth-order valence-corrected chi connectivity index (χ4v) is 1.80. The van der Waals surface area contributed by atoms with E-state index in [1.807, 2.05) is 0 Å². The summed E-state index contributed by atoms with van der Waals surface area (Å²) in [6.45, 7) is 0. The Morgan fingerprint density at radius 2 is 1.94 bits per heavy atom. The molecule has 0 aliphatic rings. The first-order chi connectivity index (χ1) is 7.48. The average molecular weight is 258 g/mol. The highest BCUT2D eigenvalue weighted by Crippen LogP contribution is 2.12. The molecule has 1 aromatic carbocycles. The molecule has 84 valence electrons. The lowest BCUT2D eigenvalue weighted by Gasteiger charge is -2.01. The van der Waals surface area contributed by atoms with Gasteiger partial charge in [-0.2, -0.15) is 13.6 Å². The van der Waals surface area contributed by atoms with Gasteiger partial charge < -0.3 is 0 Å². The Kier molecular flexibility index (Phi) is 2.58. The van der Waals surface area contributed by atoms with Crippen LogP contribution in [0, 0.1) is 4.77 Å². The third-order valence-electron chi connectivity index (χ3n) is 1.86. The minimum absolute atomic E-state index is 0.185. The number of aromatic nitrogens is 4. The van der Waals surface area contributed by atoms with Gasteiger partial charge in [-0.1, -0.05) is 10.3 Å². The van der Waals surface area contributed by atoms with Crippen molar-refractivity contribution in [3.8, 4) is 5.69 Å². The van der Waals surface area contributed by atoms with Gasteiger partial charge in [-0.15, -0.1) is 0 Å². The van der Waals surface area contributed by atoms with E-state index in [1.165, 1.54) is 28.9 Å². The fourth-order valence-electron chi connectivity index (χ4n) is 1.13. The molecule has 0 aliphatic heterocycles. The summed E-state index contributed by atoms with van der Waals surface area (Å²) in [5, 5.41) is 9.57. The summed E-state index contributed by atoms with van der Waals surface area (Å²) in [6, 6.07) is 5.46. The summed E-state index contributed by atoms with van der Waals surface area (Å²) in [6.07, 6.45) is 0. The van der Waals surface area contributed by atoms with E-state index >= 15 is 0 Å². The molecule has 0 radical (unpaired) electrons. The summed E-state index contributed by atoms with van der Waals surface area (Å²) in [5.74, 6) is 0. The highest BCUT2D eigenvalue weighted by atomic mass is 32.2. The smallest absolute Gasteiger partial charge is 0.282 e. The molecule has 9 heteroatoms. The average Bonchev–Trinajstić information content (AvgIpc) is 2.63. The van der Waals surface area contributed by atoms with E-state index in [1.54, 1.807) is 0 Å². The molecule has 7 nitrogen and oxygen atoms in total. The van der Waals surface area contributed by atoms with E-state index in [0.717, 1.165) is 0 Å². The zero-order valence-electron chi connectivity index (χ0n) is 7.73. The van der Waals surface area contributed by atoms with Gasteiger partial charge in [-0.3, -0.25) is 4.55 Å². The molecular formula is C7H6N4O3S2. The van der Waals surface area contributed by atoms with Crippen molar-refractivity contribution < 1.29 is 13.0 Å². The Balaban J connectivity index is 2.49. The van der Waals surface area contributed by atoms with Crippen LogP contribution in [0.5, 0.6) is 0 Å². The largest absolute Gasteiger partial charge is 0.294 e. The number of nitrogens with zero attached hydrogens (tertiary/aromatic N) is 3. The summed E-state index contributed by atoms with van der Waals surface area (Å²) < 4.78 is 32.0. The Bertz CT molecular complexity index is 655. The van der Waals surface area contributed by atoms with Gasteiger partial charge in [0.05, 0.1) is 10.6 Å². The maximum Gasteiger partial charge on any atom is 0.294 e. The topological polar surface area (TPSA) is 101 Å². The van der Waals surface area contributed by atoms with Crippen molar-refractivity contribution in [3.05, 3.63) is 29.0 Å². The second-order valence-electron chi connectivity index (χ2n) is 2.89. The molecule has 16 heavy (non-hydrogen) atoms. The summed E-state index contributed by atoms with van der Waals surface area (Å²) in [4.78, 5) is -0.185. The maximum atomic E-state index is 10.8. The standard InChI is InChI=1S/C7H6N4O3S2/c12-16(13,14)6-3-1-5(2-4-6)11-7(15)8-9-10-11/h1-4H,(H,8,10,15)(H,12,13,14). The highest BCUT2D eigenvalue weighted by Gasteiger charge is 2.09. The van der Waals surface area contributed by atoms with Crippen LogP contribution in [0.25, 0.3) is 5.69 Å². The molecule has 2 N–H and O–H groups in total. The van der Waals surface area contributed by atoms with Crippen molar-refractivity contribution >= 4 is 22.3 Å². The fraction of sp³-hybridized carbons (Fsp3) is 0. The Hall–Kier alpha value is -1.58. The van der Waals surface area contributed by atoms with Gasteiger partial charge in [-0.05, 0) is 36.5 Å². The number of hydrogen-bond acceptors (Lipinski definition) is 5. The third-order valence-corrected chi connectivity index (χ3v) is 3.00. The van der Waals surface area contributed by atoms with Crippen LogP contribution in [-0.2, 0) is 10.1 Å². The molecule has 0 amide bonds. The monoisotopic (exact) mass is 258 g/mol. The molecule has 0 spiro atoms. The normalized spacial score (nSPS) is 11.6. The van der Waals surface area contributed by atoms with E-state index in [-0.39, 0.29) is 9.67 Å². The number of rotatable bonds is 2. The lowest BCUT2D eigenvalue weighted by atomic mass is 10.3. The lowest BCUT2D eigenvalue weighted by Crippen LogP contribution is -2.00. The summed E-state index contributed by atoms with van der Waals surface area (Å²) in [5.41, 5.74) is 0.572. The van der Waals surface area contributed by atoms with Crippen molar-refractivity contribution in [1.29, 1.82) is 0 Å². The molecule has 0 saturated carbocycles. The molecule has 2 aromatic rings. The number of aromatic amines is 1. The van der Waals surface area contributed by atoms with Crippen LogP contribution in [0.3, 0.4) is 0 Å². The van der Waals surface area contributed by atoms with Gasteiger partial charge in [0.15, 0.2) is 0 Å². The van der Waals surface area contributed by atoms with Crippen LogP contribution in [0.4, 0.5) is 0 Å². The molecule has 0 bridgehead atoms. The molecule has 0 atom stereocenters. The number of benzene rings is 1. The predicted octanol–water partition coefficient (Wildman–Crippen LogP) is 0.572. The first-order valence-electron chi connectivity index (χ1n) is 4.06. The van der Waals surface area contributed by atoms with Gasteiger partial charge in [-0.25, -0.2) is 4.68 Å². The van der Waals surface area contributed by atoms with Crippen LogP contribution in [0.2, 0.25) is 0 Å². The molecule has 0 saturated heterocycles. The number of tetrazole rings is 1. The molecule has 2 rings (SSSR count). The molecule has 0 unspecified atom stereocenters. The molecule has 1 heterocycles. The van der Waals surface area contributed by atoms with E-state index in [0.29, 0.717) is 5.69 Å². The van der Waals surface area contributed by atoms with E-state index in [9.17, 15) is 8.42 Å². The maximum absolute atomic E-state index is 10.8. The molecular weight excluding hydrogens is 252 g/mol. The van der Waals surface area contributed by atoms with Crippen LogP contribution in [-0.4, -0.2) is 33.2 Å². The predicted molar refractivity (Wildman–Crippen MR) is 56.4 cm³/mol. The van der Waals surface area contributed by atoms with Crippen molar-refractivity contribution in [3.63, 3.8) is 0 Å². The van der Waals surface area contributed by atoms with Crippen molar-refractivity contribution in [2.45, 2.75) is 4.90 Å². The van der Waals surface area contributed by atoms with Crippen molar-refractivity contribution in [2.75, 3.05) is 0 Å². The summed E-state index contributed by atoms with van der Waals surface area (Å²) >= 11 is 4.86. The zero-order valence-corrected chi connectivity index (χ0v) is 9.36. The van der Waals surface area contributed by atoms with E-state index in [2.05, 4.69) is 15.5 Å². The lowest BCUT2D eigenvalue weighted by molar-refractivity contribution is 0.483. The Labute approximate surface area is 95.5 Å². The van der Waals surface area contributed by atoms with E-state index in [4.69, 9.17) is 16.8 Å². The zero-order chi connectivity index (χ0) is 11.8. The summed E-state index contributed by atoms with van der Waals surface area (Å²) in [7, 11) is -4.18. The third kappa shape index (κ3) is 2.01. The number of nitrogens with one attached hydrogen (secondary N) is 1. The first kappa shape index (κ1) is 10.9. The number of H-pyrrole nitrogens is 1. The van der Waals surface area contributed by atoms with Crippen LogP contribution >= 0.6 is 12.2 Å². The van der Waals surface area contributed by atoms with Gasteiger partial charge >= 0.3 is 0 Å². The Morgan fingerprint density at radius 3 is 2.38 bits per heavy atom. The highest BCUT2D eigenvalue weighted by molar-refractivity contribution is 7.85. The first-order valence-corrected chi connectivity index (χ1v) is 5.91. The Morgan fingerprint density at radius 1 is 1.31 bits per heavy atom. The minimum atomic E-state index is -4.18. The second-order valence-corrected chi connectivity index (χ2v) is 4.67. The quantitative estimate of drug-likeness (QED) is 0.603. The minimum Gasteiger partial charge on any atom is -0.282 e.